The summed E-state index contributed by atoms with van der Waals surface area (Å²) in [4.78, 5) is 0. The van der Waals surface area contributed by atoms with Crippen LogP contribution in [-0.4, -0.2) is 76.1 Å². The molecule has 5 N–H and O–H groups in total. The Morgan fingerprint density at radius 2 is 1.28 bits per heavy atom. The summed E-state index contributed by atoms with van der Waals surface area (Å²) in [5, 5.41) is 46.7. The quantitative estimate of drug-likeness (QED) is 0.271. The number of ether oxygens (including phenoxy) is 2. The van der Waals surface area contributed by atoms with E-state index in [1.807, 2.05) is 0 Å². The van der Waals surface area contributed by atoms with Crippen LogP contribution in [0.3, 0.4) is 0 Å². The van der Waals surface area contributed by atoms with Gasteiger partial charge in [-0.05, 0) is 12.8 Å². The summed E-state index contributed by atoms with van der Waals surface area (Å²) in [5.74, 6) is 0. The smallest absolute Gasteiger partial charge is 0.186 e. The van der Waals surface area contributed by atoms with Crippen molar-refractivity contribution in [2.24, 2.45) is 0 Å². The average molecular weight is 364 g/mol. The molecule has 7 nitrogen and oxygen atoms in total. The van der Waals surface area contributed by atoms with Crippen LogP contribution >= 0.6 is 0 Å². The molecule has 1 fully saturated rings. The zero-order valence-electron chi connectivity index (χ0n) is 15.1. The molecule has 1 heterocycles. The van der Waals surface area contributed by atoms with Gasteiger partial charge in [-0.15, -0.1) is 0 Å². The van der Waals surface area contributed by atoms with E-state index < -0.39 is 37.3 Å². The van der Waals surface area contributed by atoms with E-state index in [9.17, 15) is 15.3 Å². The lowest BCUT2D eigenvalue weighted by Crippen LogP contribution is -2.40. The van der Waals surface area contributed by atoms with Crippen LogP contribution in [0.5, 0.6) is 0 Å². The van der Waals surface area contributed by atoms with Crippen molar-refractivity contribution in [1.82, 2.24) is 0 Å². The average Bonchev–Trinajstić information content (AvgIpc) is 2.90. The molecule has 25 heavy (non-hydrogen) atoms. The first-order chi connectivity index (χ1) is 12.1. The first kappa shape index (κ1) is 22.8. The van der Waals surface area contributed by atoms with Gasteiger partial charge in [-0.2, -0.15) is 0 Å². The fraction of sp³-hybridized carbons (Fsp3) is 1.00. The number of hydrogen-bond acceptors (Lipinski definition) is 7. The zero-order valence-corrected chi connectivity index (χ0v) is 15.1. The summed E-state index contributed by atoms with van der Waals surface area (Å²) in [5.41, 5.74) is 0. The molecule has 1 rings (SSSR count). The molecule has 0 bridgehead atoms. The molecule has 0 radical (unpaired) electrons. The maximum atomic E-state index is 9.84. The minimum absolute atomic E-state index is 0.298. The first-order valence-corrected chi connectivity index (χ1v) is 9.64. The van der Waals surface area contributed by atoms with E-state index in [2.05, 4.69) is 0 Å². The molecule has 1 aliphatic rings. The Morgan fingerprint density at radius 1 is 0.760 bits per heavy atom. The predicted molar refractivity (Wildman–Crippen MR) is 93.0 cm³/mol. The molecule has 5 atom stereocenters. The molecule has 7 heteroatoms. The Morgan fingerprint density at radius 3 is 1.80 bits per heavy atom. The largest absolute Gasteiger partial charge is 0.396 e. The Kier molecular flexibility index (Phi) is 12.6. The third kappa shape index (κ3) is 8.77. The fourth-order valence-corrected chi connectivity index (χ4v) is 3.06. The van der Waals surface area contributed by atoms with Gasteiger partial charge in [0.25, 0.3) is 0 Å². The Bertz CT molecular complexity index is 316. The van der Waals surface area contributed by atoms with Crippen molar-refractivity contribution in [3.63, 3.8) is 0 Å². The summed E-state index contributed by atoms with van der Waals surface area (Å²) < 4.78 is 10.7. The third-order valence-corrected chi connectivity index (χ3v) is 4.66. The second-order valence-corrected chi connectivity index (χ2v) is 6.83. The number of hydrogen-bond donors (Lipinski definition) is 5. The molecule has 0 aromatic rings. The van der Waals surface area contributed by atoms with Crippen LogP contribution in [0.4, 0.5) is 0 Å². The van der Waals surface area contributed by atoms with Gasteiger partial charge in [0.15, 0.2) is 6.29 Å². The number of aliphatic hydroxyl groups excluding tert-OH is 5. The normalized spacial score (nSPS) is 27.7. The Hall–Kier alpha value is -0.280. The summed E-state index contributed by atoms with van der Waals surface area (Å²) in [6.07, 6.45) is 5.50. The van der Waals surface area contributed by atoms with Gasteiger partial charge in [-0.1, -0.05) is 51.4 Å². The van der Waals surface area contributed by atoms with Gasteiger partial charge in [-0.3, -0.25) is 0 Å². The molecule has 0 aromatic carbocycles. The molecule has 0 unspecified atom stereocenters. The maximum Gasteiger partial charge on any atom is 0.186 e. The highest BCUT2D eigenvalue weighted by Crippen LogP contribution is 2.24. The van der Waals surface area contributed by atoms with E-state index in [0.717, 1.165) is 32.1 Å². The van der Waals surface area contributed by atoms with Crippen LogP contribution in [0.2, 0.25) is 0 Å². The van der Waals surface area contributed by atoms with Crippen molar-refractivity contribution in [2.75, 3.05) is 19.8 Å². The highest BCUT2D eigenvalue weighted by Gasteiger charge is 2.46. The molecule has 0 saturated carbocycles. The lowest BCUT2D eigenvalue weighted by Gasteiger charge is -2.18. The molecule has 0 amide bonds. The Labute approximate surface area is 150 Å². The Balaban J connectivity index is 1.96. The first-order valence-electron chi connectivity index (χ1n) is 9.64. The number of unbranched alkanes of at least 4 members (excludes halogenated alkanes) is 9. The van der Waals surface area contributed by atoms with E-state index in [4.69, 9.17) is 19.7 Å². The second-order valence-electron chi connectivity index (χ2n) is 6.83. The van der Waals surface area contributed by atoms with Crippen molar-refractivity contribution in [1.29, 1.82) is 0 Å². The molecule has 1 saturated heterocycles. The highest BCUT2D eigenvalue weighted by atomic mass is 16.7. The van der Waals surface area contributed by atoms with Gasteiger partial charge in [0.1, 0.15) is 24.4 Å². The molecular formula is C18H36O7. The standard InChI is InChI=1S/C18H36O7/c19-11-9-7-5-3-1-2-4-6-8-10-12-24-18-16(23)15(22)17(25-18)14(21)13-20/h14-23H,1-13H2/t14-,15-,16-,17-,18+/m1/s1. The van der Waals surface area contributed by atoms with E-state index in [1.54, 1.807) is 0 Å². The van der Waals surface area contributed by atoms with E-state index >= 15 is 0 Å². The molecule has 0 spiro atoms. The van der Waals surface area contributed by atoms with Crippen LogP contribution in [0.25, 0.3) is 0 Å². The van der Waals surface area contributed by atoms with Gasteiger partial charge in [0.05, 0.1) is 6.61 Å². The summed E-state index contributed by atoms with van der Waals surface area (Å²) in [6.45, 7) is 0.187. The van der Waals surface area contributed by atoms with Crippen LogP contribution in [0, 0.1) is 0 Å². The summed E-state index contributed by atoms with van der Waals surface area (Å²) >= 11 is 0. The highest BCUT2D eigenvalue weighted by molar-refractivity contribution is 4.90. The topological polar surface area (TPSA) is 120 Å². The second kappa shape index (κ2) is 13.9. The van der Waals surface area contributed by atoms with Crippen molar-refractivity contribution < 1.29 is 35.0 Å². The van der Waals surface area contributed by atoms with Crippen LogP contribution < -0.4 is 0 Å². The predicted octanol–water partition coefficient (Wildman–Crippen LogP) is 0.696. The van der Waals surface area contributed by atoms with Crippen LogP contribution in [-0.2, 0) is 9.47 Å². The minimum atomic E-state index is -1.26. The van der Waals surface area contributed by atoms with Crippen molar-refractivity contribution in [3.05, 3.63) is 0 Å². The number of rotatable bonds is 15. The zero-order chi connectivity index (χ0) is 18.5. The monoisotopic (exact) mass is 364 g/mol. The van der Waals surface area contributed by atoms with E-state index in [-0.39, 0.29) is 0 Å². The number of aliphatic hydroxyl groups is 5. The third-order valence-electron chi connectivity index (χ3n) is 4.66. The molecule has 1 aliphatic heterocycles. The SMILES string of the molecule is OCCCCCCCCCCCCO[C@H]1O[C@H]([C@H](O)CO)[C@H](O)[C@H]1O. The van der Waals surface area contributed by atoms with Gasteiger partial charge < -0.3 is 35.0 Å². The van der Waals surface area contributed by atoms with Gasteiger partial charge in [0, 0.05) is 13.2 Å². The van der Waals surface area contributed by atoms with Crippen LogP contribution in [0.15, 0.2) is 0 Å². The van der Waals surface area contributed by atoms with Gasteiger partial charge >= 0.3 is 0 Å². The fourth-order valence-electron chi connectivity index (χ4n) is 3.06. The van der Waals surface area contributed by atoms with E-state index in [1.165, 1.54) is 32.1 Å². The molecule has 0 aliphatic carbocycles. The van der Waals surface area contributed by atoms with Crippen molar-refractivity contribution in [3.8, 4) is 0 Å². The van der Waals surface area contributed by atoms with Crippen molar-refractivity contribution >= 4 is 0 Å². The molecule has 150 valence electrons. The van der Waals surface area contributed by atoms with Crippen molar-refractivity contribution in [2.45, 2.75) is 94.9 Å². The lowest BCUT2D eigenvalue weighted by atomic mass is 10.1. The molecular weight excluding hydrogens is 328 g/mol. The molecule has 0 aromatic heterocycles. The lowest BCUT2D eigenvalue weighted by molar-refractivity contribution is -0.181. The summed E-state index contributed by atoms with van der Waals surface area (Å²) in [7, 11) is 0. The maximum absolute atomic E-state index is 9.84. The minimum Gasteiger partial charge on any atom is -0.396 e. The van der Waals surface area contributed by atoms with Gasteiger partial charge in [0.2, 0.25) is 0 Å². The summed E-state index contributed by atoms with van der Waals surface area (Å²) in [6, 6.07) is 0. The van der Waals surface area contributed by atoms with E-state index in [0.29, 0.717) is 13.2 Å². The van der Waals surface area contributed by atoms with Crippen LogP contribution in [0.1, 0.15) is 64.2 Å². The van der Waals surface area contributed by atoms with Gasteiger partial charge in [-0.25, -0.2) is 0 Å².